The molecule has 4 heteroatoms. The summed E-state index contributed by atoms with van der Waals surface area (Å²) in [6.07, 6.45) is 1.64. The van der Waals surface area contributed by atoms with E-state index in [1.54, 1.807) is 6.33 Å². The number of fused-ring (bicyclic) bond motifs is 6. The summed E-state index contributed by atoms with van der Waals surface area (Å²) in [6.45, 7) is 0. The van der Waals surface area contributed by atoms with E-state index in [0.29, 0.717) is 5.58 Å². The molecule has 7 aromatic carbocycles. The van der Waals surface area contributed by atoms with Gasteiger partial charge in [0.25, 0.3) is 0 Å². The van der Waals surface area contributed by atoms with Crippen LogP contribution in [0.2, 0.25) is 0 Å². The lowest BCUT2D eigenvalue weighted by atomic mass is 9.99. The molecule has 0 fully saturated rings. The second-order valence-electron chi connectivity index (χ2n) is 12.7. The van der Waals surface area contributed by atoms with Crippen LogP contribution in [0.5, 0.6) is 0 Å². The standard InChI is InChI=1S/C46H29N3O/c1-3-10-30(11-4-1)31-18-20-32(21-19-31)34-23-25-43-40(27-34)45-46(50-43)44(47-29-48-45)36-13-9-12-33(26-36)35-22-24-39-38-16-7-8-17-41(38)49(42(39)28-35)37-14-5-2-6-15-37/h1-29H. The van der Waals surface area contributed by atoms with Crippen molar-refractivity contribution >= 4 is 43.9 Å². The molecule has 50 heavy (non-hydrogen) atoms. The Balaban J connectivity index is 1.05. The lowest BCUT2D eigenvalue weighted by Crippen LogP contribution is -1.93. The second-order valence-corrected chi connectivity index (χ2v) is 12.7. The third-order valence-corrected chi connectivity index (χ3v) is 9.73. The van der Waals surface area contributed by atoms with E-state index in [0.717, 1.165) is 55.7 Å². The van der Waals surface area contributed by atoms with Crippen LogP contribution < -0.4 is 0 Å². The Kier molecular flexibility index (Phi) is 6.46. The van der Waals surface area contributed by atoms with Crippen LogP contribution in [0, 0.1) is 0 Å². The van der Waals surface area contributed by atoms with Crippen molar-refractivity contribution in [2.24, 2.45) is 0 Å². The number of aromatic nitrogens is 3. The van der Waals surface area contributed by atoms with Gasteiger partial charge in [0.15, 0.2) is 5.58 Å². The van der Waals surface area contributed by atoms with Gasteiger partial charge >= 0.3 is 0 Å². The molecule has 0 radical (unpaired) electrons. The normalized spacial score (nSPS) is 11.6. The zero-order chi connectivity index (χ0) is 33.0. The van der Waals surface area contributed by atoms with Gasteiger partial charge in [0.1, 0.15) is 23.1 Å². The largest absolute Gasteiger partial charge is 0.452 e. The summed E-state index contributed by atoms with van der Waals surface area (Å²) >= 11 is 0. The van der Waals surface area contributed by atoms with Gasteiger partial charge in [-0.1, -0.05) is 127 Å². The van der Waals surface area contributed by atoms with Gasteiger partial charge in [0, 0.05) is 27.4 Å². The molecular formula is C46H29N3O. The lowest BCUT2D eigenvalue weighted by molar-refractivity contribution is 0.667. The minimum Gasteiger partial charge on any atom is -0.452 e. The van der Waals surface area contributed by atoms with Crippen LogP contribution in [0.15, 0.2) is 181 Å². The molecule has 0 aliphatic carbocycles. The molecule has 0 bridgehead atoms. The molecule has 0 atom stereocenters. The van der Waals surface area contributed by atoms with Crippen LogP contribution in [0.4, 0.5) is 0 Å². The van der Waals surface area contributed by atoms with Gasteiger partial charge in [-0.25, -0.2) is 9.97 Å². The first-order valence-corrected chi connectivity index (χ1v) is 16.8. The Bertz CT molecular complexity index is 2850. The Hall–Kier alpha value is -6.78. The number of rotatable bonds is 5. The highest BCUT2D eigenvalue weighted by atomic mass is 16.3. The maximum absolute atomic E-state index is 6.48. The number of hydrogen-bond donors (Lipinski definition) is 0. The van der Waals surface area contributed by atoms with Crippen LogP contribution >= 0.6 is 0 Å². The van der Waals surface area contributed by atoms with Crippen LogP contribution in [0.1, 0.15) is 0 Å². The molecule has 10 rings (SSSR count). The second kappa shape index (κ2) is 11.4. The van der Waals surface area contributed by atoms with E-state index in [9.17, 15) is 0 Å². The van der Waals surface area contributed by atoms with Gasteiger partial charge in [-0.3, -0.25) is 0 Å². The first-order chi connectivity index (χ1) is 24.8. The van der Waals surface area contributed by atoms with Crippen molar-refractivity contribution in [2.45, 2.75) is 0 Å². The van der Waals surface area contributed by atoms with E-state index in [1.165, 1.54) is 32.9 Å². The van der Waals surface area contributed by atoms with Crippen molar-refractivity contribution in [1.82, 2.24) is 14.5 Å². The molecule has 10 aromatic rings. The third-order valence-electron chi connectivity index (χ3n) is 9.73. The van der Waals surface area contributed by atoms with Crippen molar-refractivity contribution in [3.05, 3.63) is 176 Å². The first-order valence-electron chi connectivity index (χ1n) is 16.8. The van der Waals surface area contributed by atoms with Crippen molar-refractivity contribution in [1.29, 1.82) is 0 Å². The van der Waals surface area contributed by atoms with Crippen LogP contribution in [0.3, 0.4) is 0 Å². The predicted octanol–water partition coefficient (Wildman–Crippen LogP) is 12.1. The molecule has 0 unspecified atom stereocenters. The average Bonchev–Trinajstić information content (AvgIpc) is 3.74. The molecule has 0 spiro atoms. The van der Waals surface area contributed by atoms with Gasteiger partial charge in [0.2, 0.25) is 0 Å². The molecule has 0 saturated heterocycles. The van der Waals surface area contributed by atoms with Gasteiger partial charge in [0.05, 0.1) is 11.0 Å². The van der Waals surface area contributed by atoms with Crippen LogP contribution in [-0.2, 0) is 0 Å². The van der Waals surface area contributed by atoms with E-state index >= 15 is 0 Å². The zero-order valence-corrected chi connectivity index (χ0v) is 27.0. The summed E-state index contributed by atoms with van der Waals surface area (Å²) in [5, 5.41) is 3.45. The third kappa shape index (κ3) is 4.61. The molecular weight excluding hydrogens is 611 g/mol. The maximum Gasteiger partial charge on any atom is 0.180 e. The van der Waals surface area contributed by atoms with Crippen molar-refractivity contribution in [3.63, 3.8) is 0 Å². The van der Waals surface area contributed by atoms with Crippen molar-refractivity contribution in [3.8, 4) is 50.3 Å². The van der Waals surface area contributed by atoms with Crippen molar-refractivity contribution < 1.29 is 4.42 Å². The Morgan fingerprint density at radius 1 is 0.400 bits per heavy atom. The van der Waals surface area contributed by atoms with Crippen LogP contribution in [-0.4, -0.2) is 14.5 Å². The van der Waals surface area contributed by atoms with Gasteiger partial charge < -0.3 is 8.98 Å². The Morgan fingerprint density at radius 3 is 1.84 bits per heavy atom. The number of hydrogen-bond acceptors (Lipinski definition) is 3. The van der Waals surface area contributed by atoms with E-state index in [-0.39, 0.29) is 0 Å². The zero-order valence-electron chi connectivity index (χ0n) is 27.0. The summed E-state index contributed by atoms with van der Waals surface area (Å²) in [7, 11) is 0. The summed E-state index contributed by atoms with van der Waals surface area (Å²) < 4.78 is 8.83. The number of nitrogens with zero attached hydrogens (tertiary/aromatic N) is 3. The Labute approximate surface area is 288 Å². The lowest BCUT2D eigenvalue weighted by Gasteiger charge is -2.09. The molecule has 0 N–H and O–H groups in total. The fourth-order valence-corrected chi connectivity index (χ4v) is 7.30. The van der Waals surface area contributed by atoms with Gasteiger partial charge in [-0.15, -0.1) is 0 Å². The highest BCUT2D eigenvalue weighted by molar-refractivity contribution is 6.10. The highest BCUT2D eigenvalue weighted by Gasteiger charge is 2.17. The highest BCUT2D eigenvalue weighted by Crippen LogP contribution is 2.38. The topological polar surface area (TPSA) is 43.9 Å². The minimum absolute atomic E-state index is 0.691. The molecule has 0 amide bonds. The van der Waals surface area contributed by atoms with Gasteiger partial charge in [-0.2, -0.15) is 0 Å². The summed E-state index contributed by atoms with van der Waals surface area (Å²) in [5.41, 5.74) is 14.5. The quantitative estimate of drug-likeness (QED) is 0.188. The van der Waals surface area contributed by atoms with Gasteiger partial charge in [-0.05, 0) is 75.8 Å². The van der Waals surface area contributed by atoms with Crippen LogP contribution in [0.25, 0.3) is 94.2 Å². The SMILES string of the molecule is c1ccc(-c2ccc(-c3ccc4oc5c(-c6cccc(-c7ccc8c9ccccc9n(-c9ccccc9)c8c7)c6)ncnc5c4c3)cc2)cc1. The summed E-state index contributed by atoms with van der Waals surface area (Å²) in [4.78, 5) is 9.46. The molecule has 4 nitrogen and oxygen atoms in total. The number of para-hydroxylation sites is 2. The molecule has 0 aliphatic heterocycles. The van der Waals surface area contributed by atoms with E-state index in [2.05, 4.69) is 162 Å². The smallest absolute Gasteiger partial charge is 0.180 e. The van der Waals surface area contributed by atoms with Crippen molar-refractivity contribution in [2.75, 3.05) is 0 Å². The summed E-state index contributed by atoms with van der Waals surface area (Å²) in [6, 6.07) is 60.0. The molecule has 234 valence electrons. The summed E-state index contributed by atoms with van der Waals surface area (Å²) in [5.74, 6) is 0. The molecule has 0 aliphatic rings. The fourth-order valence-electron chi connectivity index (χ4n) is 7.30. The molecule has 3 aromatic heterocycles. The van der Waals surface area contributed by atoms with E-state index in [1.807, 2.05) is 12.1 Å². The predicted molar refractivity (Wildman–Crippen MR) is 205 cm³/mol. The monoisotopic (exact) mass is 639 g/mol. The first kappa shape index (κ1) is 28.3. The molecule has 0 saturated carbocycles. The average molecular weight is 640 g/mol. The maximum atomic E-state index is 6.48. The minimum atomic E-state index is 0.691. The van der Waals surface area contributed by atoms with E-state index < -0.39 is 0 Å². The number of furan rings is 1. The fraction of sp³-hybridized carbons (Fsp3) is 0. The van der Waals surface area contributed by atoms with E-state index in [4.69, 9.17) is 14.4 Å². The Morgan fingerprint density at radius 2 is 1.00 bits per heavy atom. The number of benzene rings is 7. The molecule has 3 heterocycles.